The van der Waals surface area contributed by atoms with Crippen molar-refractivity contribution < 1.29 is 4.92 Å². The molecule has 0 fully saturated rings. The molecule has 7 heteroatoms. The van der Waals surface area contributed by atoms with Gasteiger partial charge in [0.05, 0.1) is 17.8 Å². The van der Waals surface area contributed by atoms with Gasteiger partial charge in [0.1, 0.15) is 0 Å². The van der Waals surface area contributed by atoms with Crippen molar-refractivity contribution in [2.75, 3.05) is 5.73 Å². The van der Waals surface area contributed by atoms with Crippen molar-refractivity contribution in [3.63, 3.8) is 0 Å². The van der Waals surface area contributed by atoms with Crippen molar-refractivity contribution in [1.29, 1.82) is 0 Å². The number of nitro groups is 1. The maximum absolute atomic E-state index is 10.6. The summed E-state index contributed by atoms with van der Waals surface area (Å²) >= 11 is 5.72. The quantitative estimate of drug-likeness (QED) is 0.518. The van der Waals surface area contributed by atoms with Gasteiger partial charge in [0.15, 0.2) is 5.02 Å². The second-order valence-electron chi connectivity index (χ2n) is 4.17. The fourth-order valence-electron chi connectivity index (χ4n) is 1.82. The number of halogens is 1. The first-order chi connectivity index (χ1) is 9.06. The fraction of sp³-hybridized carbons (Fsp3) is 0.250. The second-order valence-corrected chi connectivity index (χ2v) is 4.58. The van der Waals surface area contributed by atoms with Crippen LogP contribution in [-0.2, 0) is 13.0 Å². The van der Waals surface area contributed by atoms with E-state index in [9.17, 15) is 10.1 Å². The van der Waals surface area contributed by atoms with Gasteiger partial charge in [-0.15, -0.1) is 0 Å². The Balaban J connectivity index is 1.92. The summed E-state index contributed by atoms with van der Waals surface area (Å²) in [5.41, 5.74) is 7.55. The number of nitrogens with two attached hydrogens (primary N) is 1. The van der Waals surface area contributed by atoms with Crippen LogP contribution in [0.3, 0.4) is 0 Å². The number of aromatic nitrogens is 2. The van der Waals surface area contributed by atoms with Crippen LogP contribution < -0.4 is 5.73 Å². The van der Waals surface area contributed by atoms with Crippen molar-refractivity contribution in [2.24, 2.45) is 0 Å². The van der Waals surface area contributed by atoms with Crippen LogP contribution in [0.4, 0.5) is 11.5 Å². The fourth-order valence-corrected chi connectivity index (χ4v) is 2.04. The number of anilines is 1. The average Bonchev–Trinajstić information content (AvgIpc) is 2.71. The molecule has 6 nitrogen and oxygen atoms in total. The summed E-state index contributed by atoms with van der Waals surface area (Å²) < 4.78 is 1.49. The molecule has 2 N–H and O–H groups in total. The first-order valence-electron chi connectivity index (χ1n) is 5.78. The zero-order valence-corrected chi connectivity index (χ0v) is 10.9. The van der Waals surface area contributed by atoms with Crippen molar-refractivity contribution >= 4 is 23.1 Å². The number of hydrogen-bond acceptors (Lipinski definition) is 4. The van der Waals surface area contributed by atoms with E-state index in [0.29, 0.717) is 6.54 Å². The molecule has 19 heavy (non-hydrogen) atoms. The number of nitrogens with zero attached hydrogens (tertiary/aromatic N) is 3. The smallest absolute Gasteiger partial charge is 0.399 e. The topological polar surface area (TPSA) is 87.0 Å². The molecule has 2 rings (SSSR count). The van der Waals surface area contributed by atoms with Gasteiger partial charge < -0.3 is 15.8 Å². The molecule has 0 aliphatic carbocycles. The summed E-state index contributed by atoms with van der Waals surface area (Å²) in [6.45, 7) is 0.572. The SMILES string of the molecule is Nc1cccc(CCCn2cc(Cl)c([N+](=O)[O-])n2)c1. The standard InChI is InChI=1S/C12H13ClN4O2/c13-11-8-16(15-12(11)17(18)19)6-2-4-9-3-1-5-10(14)7-9/h1,3,5,7-8H,2,4,6,14H2. The number of rotatable bonds is 5. The summed E-state index contributed by atoms with van der Waals surface area (Å²) in [7, 11) is 0. The normalized spacial score (nSPS) is 10.6. The third-order valence-electron chi connectivity index (χ3n) is 2.68. The van der Waals surface area contributed by atoms with Crippen LogP contribution in [-0.4, -0.2) is 14.7 Å². The number of aryl methyl sites for hydroxylation is 2. The van der Waals surface area contributed by atoms with Crippen molar-refractivity contribution in [3.05, 3.63) is 51.2 Å². The highest BCUT2D eigenvalue weighted by molar-refractivity contribution is 6.32. The van der Waals surface area contributed by atoms with E-state index in [1.165, 1.54) is 10.9 Å². The van der Waals surface area contributed by atoms with Crippen LogP contribution in [0, 0.1) is 10.1 Å². The van der Waals surface area contributed by atoms with Crippen molar-refractivity contribution in [2.45, 2.75) is 19.4 Å². The molecule has 1 aromatic carbocycles. The van der Waals surface area contributed by atoms with Gasteiger partial charge in [0.2, 0.25) is 0 Å². The molecule has 2 aromatic rings. The lowest BCUT2D eigenvalue weighted by Crippen LogP contribution is -2.01. The van der Waals surface area contributed by atoms with E-state index in [1.807, 2.05) is 24.3 Å². The van der Waals surface area contributed by atoms with Crippen LogP contribution >= 0.6 is 11.6 Å². The first-order valence-corrected chi connectivity index (χ1v) is 6.16. The molecule has 0 bridgehead atoms. The third-order valence-corrected chi connectivity index (χ3v) is 2.94. The lowest BCUT2D eigenvalue weighted by Gasteiger charge is -2.01. The second kappa shape index (κ2) is 5.71. The Bertz CT molecular complexity index is 597. The molecule has 100 valence electrons. The maximum atomic E-state index is 10.6. The Kier molecular flexibility index (Phi) is 4.01. The Morgan fingerprint density at radius 1 is 1.47 bits per heavy atom. The number of hydrogen-bond donors (Lipinski definition) is 1. The molecule has 0 spiro atoms. The van der Waals surface area contributed by atoms with E-state index in [2.05, 4.69) is 5.10 Å². The first kappa shape index (κ1) is 13.4. The molecule has 0 atom stereocenters. The predicted octanol–water partition coefficient (Wildman–Crippen LogP) is 2.66. The summed E-state index contributed by atoms with van der Waals surface area (Å²) in [5, 5.41) is 14.5. The Morgan fingerprint density at radius 3 is 2.89 bits per heavy atom. The molecule has 0 radical (unpaired) electrons. The molecule has 0 amide bonds. The molecule has 0 aliphatic rings. The lowest BCUT2D eigenvalue weighted by molar-refractivity contribution is -0.389. The molecule has 0 aliphatic heterocycles. The zero-order chi connectivity index (χ0) is 13.8. The summed E-state index contributed by atoms with van der Waals surface area (Å²) in [4.78, 5) is 10.0. The highest BCUT2D eigenvalue weighted by Crippen LogP contribution is 2.21. The average molecular weight is 281 g/mol. The number of nitrogen functional groups attached to an aromatic ring is 1. The minimum Gasteiger partial charge on any atom is -0.399 e. The third kappa shape index (κ3) is 3.45. The van der Waals surface area contributed by atoms with Crippen LogP contribution in [0.5, 0.6) is 0 Å². The van der Waals surface area contributed by atoms with Crippen LogP contribution in [0.25, 0.3) is 0 Å². The monoisotopic (exact) mass is 280 g/mol. The minimum atomic E-state index is -0.587. The van der Waals surface area contributed by atoms with Crippen LogP contribution in [0.1, 0.15) is 12.0 Å². The Hall–Kier alpha value is -2.08. The van der Waals surface area contributed by atoms with Gasteiger partial charge in [-0.25, -0.2) is 0 Å². The van der Waals surface area contributed by atoms with Gasteiger partial charge in [0, 0.05) is 5.69 Å². The van der Waals surface area contributed by atoms with Crippen LogP contribution in [0.15, 0.2) is 30.5 Å². The van der Waals surface area contributed by atoms with E-state index in [0.717, 1.165) is 24.1 Å². The van der Waals surface area contributed by atoms with Crippen molar-refractivity contribution in [1.82, 2.24) is 9.78 Å². The van der Waals surface area contributed by atoms with E-state index in [1.54, 1.807) is 0 Å². The van der Waals surface area contributed by atoms with Gasteiger partial charge in [-0.05, 0) is 35.5 Å². The van der Waals surface area contributed by atoms with Gasteiger partial charge >= 0.3 is 5.82 Å². The van der Waals surface area contributed by atoms with Gasteiger partial charge in [-0.2, -0.15) is 4.68 Å². The predicted molar refractivity (Wildman–Crippen MR) is 73.1 cm³/mol. The molecule has 0 unspecified atom stereocenters. The summed E-state index contributed by atoms with van der Waals surface area (Å²) in [6.07, 6.45) is 3.11. The van der Waals surface area contributed by atoms with E-state index >= 15 is 0 Å². The minimum absolute atomic E-state index is 0.0638. The molecule has 1 heterocycles. The van der Waals surface area contributed by atoms with Gasteiger partial charge in [-0.1, -0.05) is 23.7 Å². The van der Waals surface area contributed by atoms with Crippen LogP contribution in [0.2, 0.25) is 5.02 Å². The molecule has 0 saturated carbocycles. The largest absolute Gasteiger partial charge is 0.408 e. The van der Waals surface area contributed by atoms with E-state index in [-0.39, 0.29) is 10.8 Å². The Morgan fingerprint density at radius 2 is 2.26 bits per heavy atom. The Labute approximate surface area is 114 Å². The van der Waals surface area contributed by atoms with Gasteiger partial charge in [0.25, 0.3) is 0 Å². The summed E-state index contributed by atoms with van der Waals surface area (Å²) in [6, 6.07) is 7.65. The molecule has 0 saturated heterocycles. The molecular weight excluding hydrogens is 268 g/mol. The lowest BCUT2D eigenvalue weighted by atomic mass is 10.1. The molecule has 1 aromatic heterocycles. The molecular formula is C12H13ClN4O2. The zero-order valence-electron chi connectivity index (χ0n) is 10.1. The van der Waals surface area contributed by atoms with E-state index < -0.39 is 4.92 Å². The summed E-state index contributed by atoms with van der Waals surface area (Å²) in [5.74, 6) is -0.300. The number of benzene rings is 1. The highest BCUT2D eigenvalue weighted by atomic mass is 35.5. The van der Waals surface area contributed by atoms with E-state index in [4.69, 9.17) is 17.3 Å². The van der Waals surface area contributed by atoms with Crippen molar-refractivity contribution in [3.8, 4) is 0 Å². The van der Waals surface area contributed by atoms with Gasteiger partial charge in [-0.3, -0.25) is 0 Å². The highest BCUT2D eigenvalue weighted by Gasteiger charge is 2.18. The maximum Gasteiger partial charge on any atom is 0.408 e.